The number of aromatic nitrogens is 4. The Bertz CT molecular complexity index is 1620. The molecule has 0 amide bonds. The van der Waals surface area contributed by atoms with Gasteiger partial charge in [0, 0.05) is 21.9 Å². The van der Waals surface area contributed by atoms with E-state index in [9.17, 15) is 23.9 Å². The van der Waals surface area contributed by atoms with Gasteiger partial charge in [0.1, 0.15) is 18.4 Å². The third-order valence-corrected chi connectivity index (χ3v) is 6.63. The van der Waals surface area contributed by atoms with Crippen LogP contribution in [0.25, 0.3) is 10.9 Å². The molecule has 1 aliphatic rings. The minimum absolute atomic E-state index is 0.0353. The summed E-state index contributed by atoms with van der Waals surface area (Å²) in [5.74, 6) is -1.95. The van der Waals surface area contributed by atoms with Crippen LogP contribution >= 0.6 is 23.2 Å². The van der Waals surface area contributed by atoms with Crippen LogP contribution in [0.2, 0.25) is 10.0 Å². The zero-order chi connectivity index (χ0) is 26.3. The number of benzene rings is 2. The number of carbonyl (C=O) groups is 1. The number of hydrogen-bond acceptors (Lipinski definition) is 7. The van der Waals surface area contributed by atoms with E-state index in [4.69, 9.17) is 32.7 Å². The molecule has 192 valence electrons. The largest absolute Gasteiger partial charge is 0.455 e. The van der Waals surface area contributed by atoms with Gasteiger partial charge in [0.25, 0.3) is 5.56 Å². The molecule has 3 heterocycles. The van der Waals surface area contributed by atoms with Gasteiger partial charge in [0.15, 0.2) is 5.69 Å². The molecular formula is C24H19Cl2FN4O6. The highest BCUT2D eigenvalue weighted by molar-refractivity contribution is 6.35. The minimum atomic E-state index is -1.18. The lowest BCUT2D eigenvalue weighted by Crippen LogP contribution is -2.34. The average molecular weight is 549 g/mol. The van der Waals surface area contributed by atoms with Crippen molar-refractivity contribution in [3.8, 4) is 0 Å². The van der Waals surface area contributed by atoms with E-state index in [2.05, 4.69) is 5.10 Å². The van der Waals surface area contributed by atoms with E-state index < -0.39 is 48.1 Å². The molecule has 2 aromatic heterocycles. The van der Waals surface area contributed by atoms with Crippen molar-refractivity contribution in [1.29, 1.82) is 0 Å². The summed E-state index contributed by atoms with van der Waals surface area (Å²) in [5, 5.41) is 15.7. The minimum Gasteiger partial charge on any atom is -0.455 e. The maximum Gasteiger partial charge on any atom is 0.359 e. The Morgan fingerprint density at radius 3 is 2.78 bits per heavy atom. The molecule has 1 fully saturated rings. The van der Waals surface area contributed by atoms with E-state index in [1.807, 2.05) is 4.98 Å². The average Bonchev–Trinajstić information content (AvgIpc) is 3.44. The first-order chi connectivity index (χ1) is 17.7. The number of aliphatic hydroxyl groups excluding tert-OH is 1. The number of fused-ring (bicyclic) bond motifs is 1. The fraction of sp³-hybridized carbons (Fsp3) is 0.250. The number of carbonyl (C=O) groups excluding carboxylic acids is 1. The first-order valence-corrected chi connectivity index (χ1v) is 11.9. The van der Waals surface area contributed by atoms with E-state index in [0.29, 0.717) is 27.1 Å². The molecule has 2 aromatic carbocycles. The van der Waals surface area contributed by atoms with E-state index in [1.54, 1.807) is 47.1 Å². The zero-order valence-corrected chi connectivity index (χ0v) is 20.4. The predicted molar refractivity (Wildman–Crippen MR) is 131 cm³/mol. The van der Waals surface area contributed by atoms with Crippen LogP contribution < -0.4 is 11.2 Å². The summed E-state index contributed by atoms with van der Waals surface area (Å²) in [4.78, 5) is 38.5. The van der Waals surface area contributed by atoms with Gasteiger partial charge in [-0.1, -0.05) is 47.5 Å². The number of esters is 1. The van der Waals surface area contributed by atoms with Crippen LogP contribution in [0.4, 0.5) is 4.39 Å². The Morgan fingerprint density at radius 2 is 2.03 bits per heavy atom. The van der Waals surface area contributed by atoms with Crippen LogP contribution in [-0.4, -0.2) is 49.2 Å². The number of nitrogens with one attached hydrogen (secondary N) is 1. The van der Waals surface area contributed by atoms with Gasteiger partial charge in [0.2, 0.25) is 5.82 Å². The Labute approximate surface area is 217 Å². The Morgan fingerprint density at radius 1 is 1.24 bits per heavy atom. The molecule has 1 saturated heterocycles. The molecule has 13 heteroatoms. The number of nitrogens with zero attached hydrogens (tertiary/aromatic N) is 3. The van der Waals surface area contributed by atoms with Gasteiger partial charge < -0.3 is 14.6 Å². The summed E-state index contributed by atoms with van der Waals surface area (Å²) in [5.41, 5.74) is -0.623. The quantitative estimate of drug-likeness (QED) is 0.354. The molecule has 5 rings (SSSR count). The highest BCUT2D eigenvalue weighted by Gasteiger charge is 2.40. The fourth-order valence-electron chi connectivity index (χ4n) is 4.24. The first kappa shape index (κ1) is 25.2. The normalized spacial score (nSPS) is 19.4. The maximum absolute atomic E-state index is 13.8. The number of ether oxygens (including phenoxy) is 2. The van der Waals surface area contributed by atoms with Crippen molar-refractivity contribution < 1.29 is 23.8 Å². The molecule has 0 spiro atoms. The summed E-state index contributed by atoms with van der Waals surface area (Å²) in [6.45, 7) is -0.266. The van der Waals surface area contributed by atoms with E-state index >= 15 is 0 Å². The standard InChI is InChI=1S/C24H19Cl2FN4O6/c25-13-6-5-12(15(26)7-13)9-31-17-4-2-1-3-14(17)21(29-31)23(34)37-18-8-20(36-19(18)11-32)30-10-16(27)22(33)28-24(30)35/h1-7,10,18-20,32H,8-9,11H2,(H,28,33,35)/t18-,19+,20+/m0/s1. The number of aromatic amines is 1. The Hall–Kier alpha value is -3.51. The lowest BCUT2D eigenvalue weighted by atomic mass is 10.1. The van der Waals surface area contributed by atoms with Crippen molar-refractivity contribution in [3.63, 3.8) is 0 Å². The molecule has 0 saturated carbocycles. The molecule has 3 atom stereocenters. The number of para-hydroxylation sites is 1. The second kappa shape index (κ2) is 10.1. The SMILES string of the molecule is O=C(O[C@H]1C[C@H](n2cc(F)c(=O)[nH]c2=O)O[C@@H]1CO)c1nn(Cc2ccc(Cl)cc2Cl)c2ccccc12. The predicted octanol–water partition coefficient (Wildman–Crippen LogP) is 2.89. The molecule has 1 aliphatic heterocycles. The van der Waals surface area contributed by atoms with Crippen molar-refractivity contribution in [2.45, 2.75) is 31.4 Å². The van der Waals surface area contributed by atoms with Crippen molar-refractivity contribution in [3.05, 3.63) is 96.6 Å². The van der Waals surface area contributed by atoms with Gasteiger partial charge >= 0.3 is 11.7 Å². The monoisotopic (exact) mass is 548 g/mol. The van der Waals surface area contributed by atoms with Gasteiger partial charge in [-0.2, -0.15) is 9.49 Å². The Balaban J connectivity index is 1.41. The van der Waals surface area contributed by atoms with Crippen LogP contribution in [-0.2, 0) is 16.0 Å². The van der Waals surface area contributed by atoms with Crippen LogP contribution in [0.3, 0.4) is 0 Å². The van der Waals surface area contributed by atoms with Crippen LogP contribution in [0.15, 0.2) is 58.3 Å². The fourth-order valence-corrected chi connectivity index (χ4v) is 4.71. The second-order valence-electron chi connectivity index (χ2n) is 8.39. The molecule has 0 unspecified atom stereocenters. The van der Waals surface area contributed by atoms with Gasteiger partial charge in [-0.25, -0.2) is 9.59 Å². The highest BCUT2D eigenvalue weighted by atomic mass is 35.5. The van der Waals surface area contributed by atoms with Gasteiger partial charge in [0.05, 0.1) is 24.9 Å². The lowest BCUT2D eigenvalue weighted by molar-refractivity contribution is -0.0525. The zero-order valence-electron chi connectivity index (χ0n) is 18.9. The van der Waals surface area contributed by atoms with E-state index in [-0.39, 0.29) is 18.7 Å². The molecule has 37 heavy (non-hydrogen) atoms. The van der Waals surface area contributed by atoms with Gasteiger partial charge in [-0.15, -0.1) is 0 Å². The number of H-pyrrole nitrogens is 1. The molecule has 2 N–H and O–H groups in total. The molecule has 0 aliphatic carbocycles. The highest BCUT2D eigenvalue weighted by Crippen LogP contribution is 2.31. The van der Waals surface area contributed by atoms with Gasteiger partial charge in [-0.3, -0.25) is 19.0 Å². The number of aliphatic hydroxyl groups is 1. The molecule has 0 radical (unpaired) electrons. The summed E-state index contributed by atoms with van der Waals surface area (Å²) in [6, 6.07) is 12.2. The third kappa shape index (κ3) is 4.90. The van der Waals surface area contributed by atoms with Crippen molar-refractivity contribution >= 4 is 40.1 Å². The number of hydrogen-bond donors (Lipinski definition) is 2. The molecule has 0 bridgehead atoms. The van der Waals surface area contributed by atoms with Crippen LogP contribution in [0.5, 0.6) is 0 Å². The van der Waals surface area contributed by atoms with Crippen molar-refractivity contribution in [2.75, 3.05) is 6.61 Å². The lowest BCUT2D eigenvalue weighted by Gasteiger charge is -2.16. The van der Waals surface area contributed by atoms with Crippen molar-refractivity contribution in [1.82, 2.24) is 19.3 Å². The second-order valence-corrected chi connectivity index (χ2v) is 9.24. The number of halogens is 3. The Kier molecular flexibility index (Phi) is 6.86. The molecular weight excluding hydrogens is 530 g/mol. The van der Waals surface area contributed by atoms with Gasteiger partial charge in [-0.05, 0) is 23.8 Å². The molecule has 4 aromatic rings. The molecule has 10 nitrogen and oxygen atoms in total. The first-order valence-electron chi connectivity index (χ1n) is 11.1. The smallest absolute Gasteiger partial charge is 0.359 e. The van der Waals surface area contributed by atoms with Crippen LogP contribution in [0, 0.1) is 5.82 Å². The maximum atomic E-state index is 13.8. The van der Waals surface area contributed by atoms with E-state index in [1.165, 1.54) is 0 Å². The van der Waals surface area contributed by atoms with Crippen LogP contribution in [0.1, 0.15) is 28.7 Å². The summed E-state index contributed by atoms with van der Waals surface area (Å²) < 4.78 is 27.5. The summed E-state index contributed by atoms with van der Waals surface area (Å²) in [6.07, 6.45) is -2.39. The summed E-state index contributed by atoms with van der Waals surface area (Å²) >= 11 is 12.3. The topological polar surface area (TPSA) is 128 Å². The number of rotatable bonds is 6. The van der Waals surface area contributed by atoms with E-state index in [0.717, 1.165) is 10.1 Å². The summed E-state index contributed by atoms with van der Waals surface area (Å²) in [7, 11) is 0. The third-order valence-electron chi connectivity index (χ3n) is 6.04. The van der Waals surface area contributed by atoms with Crippen molar-refractivity contribution in [2.24, 2.45) is 0 Å².